The van der Waals surface area contributed by atoms with Gasteiger partial charge in [0, 0.05) is 10.7 Å². The number of hydrogen-bond donors (Lipinski definition) is 0. The van der Waals surface area contributed by atoms with Crippen molar-refractivity contribution < 1.29 is 9.53 Å². The number of rotatable bonds is 2. The van der Waals surface area contributed by atoms with Crippen LogP contribution in [0.5, 0.6) is 0 Å². The molecule has 0 unspecified atom stereocenters. The number of carbonyl (C=O) groups is 1. The predicted molar refractivity (Wildman–Crippen MR) is 67.6 cm³/mol. The number of ether oxygens (including phenoxy) is 1. The van der Waals surface area contributed by atoms with Gasteiger partial charge < -0.3 is 4.74 Å². The summed E-state index contributed by atoms with van der Waals surface area (Å²) >= 11 is 9.41. The second-order valence-corrected chi connectivity index (χ2v) is 4.58. The van der Waals surface area contributed by atoms with E-state index < -0.39 is 5.97 Å². The normalized spacial score (nSPS) is 10.3. The maximum atomic E-state index is 11.3. The van der Waals surface area contributed by atoms with Crippen LogP contribution in [0.2, 0.25) is 5.02 Å². The molecule has 0 bridgehead atoms. The van der Waals surface area contributed by atoms with E-state index in [0.29, 0.717) is 16.3 Å². The first-order valence-electron chi connectivity index (χ1n) is 4.70. The van der Waals surface area contributed by atoms with Crippen molar-refractivity contribution in [2.24, 2.45) is 0 Å². The van der Waals surface area contributed by atoms with E-state index in [-0.39, 0.29) is 0 Å². The number of carbonyl (C=O) groups excluding carboxylic acids is 1. The van der Waals surface area contributed by atoms with E-state index in [0.717, 1.165) is 4.47 Å². The molecule has 4 nitrogen and oxygen atoms in total. The Morgan fingerprint density at radius 1 is 1.53 bits per heavy atom. The summed E-state index contributed by atoms with van der Waals surface area (Å²) in [5.74, 6) is -0.428. The van der Waals surface area contributed by atoms with Crippen LogP contribution in [0.4, 0.5) is 0 Å². The monoisotopic (exact) mass is 314 g/mol. The first-order valence-corrected chi connectivity index (χ1v) is 5.87. The van der Waals surface area contributed by atoms with E-state index in [1.54, 1.807) is 12.3 Å². The largest absolute Gasteiger partial charge is 0.465 e. The Morgan fingerprint density at radius 2 is 2.29 bits per heavy atom. The van der Waals surface area contributed by atoms with Gasteiger partial charge in [-0.2, -0.15) is 5.10 Å². The molecule has 0 spiro atoms. The lowest BCUT2D eigenvalue weighted by atomic mass is 10.3. The summed E-state index contributed by atoms with van der Waals surface area (Å²) < 4.78 is 7.01. The number of nitrogens with zero attached hydrogens (tertiary/aromatic N) is 2. The second kappa shape index (κ2) is 4.89. The quantitative estimate of drug-likeness (QED) is 0.800. The molecule has 2 rings (SSSR count). The fourth-order valence-corrected chi connectivity index (χ4v) is 1.89. The first kappa shape index (κ1) is 12.1. The number of aromatic nitrogens is 2. The highest BCUT2D eigenvalue weighted by molar-refractivity contribution is 9.10. The Bertz CT molecular complexity index is 568. The SMILES string of the molecule is COC(=O)c1cnn(-c2cc(Br)ccc2Cl)c1. The van der Waals surface area contributed by atoms with Gasteiger partial charge >= 0.3 is 5.97 Å². The zero-order chi connectivity index (χ0) is 12.4. The highest BCUT2D eigenvalue weighted by atomic mass is 79.9. The van der Waals surface area contributed by atoms with Crippen molar-refractivity contribution in [3.63, 3.8) is 0 Å². The molecule has 1 aromatic heterocycles. The standard InChI is InChI=1S/C11H8BrClN2O2/c1-17-11(16)7-5-14-15(6-7)10-4-8(12)2-3-9(10)13/h2-6H,1H3. The number of benzene rings is 1. The fraction of sp³-hybridized carbons (Fsp3) is 0.0909. The zero-order valence-corrected chi connectivity index (χ0v) is 11.2. The van der Waals surface area contributed by atoms with E-state index in [4.69, 9.17) is 11.6 Å². The van der Waals surface area contributed by atoms with Crippen molar-refractivity contribution in [1.29, 1.82) is 0 Å². The third-order valence-corrected chi connectivity index (χ3v) is 2.97. The van der Waals surface area contributed by atoms with Gasteiger partial charge in [-0.05, 0) is 18.2 Å². The molecule has 0 aliphatic rings. The van der Waals surface area contributed by atoms with Gasteiger partial charge in [-0.25, -0.2) is 9.48 Å². The fourth-order valence-electron chi connectivity index (χ4n) is 1.34. The molecule has 0 aliphatic heterocycles. The Hall–Kier alpha value is -1.33. The summed E-state index contributed by atoms with van der Waals surface area (Å²) in [6, 6.07) is 5.40. The Balaban J connectivity index is 2.43. The molecular weight excluding hydrogens is 307 g/mol. The Kier molecular flexibility index (Phi) is 3.49. The molecule has 0 saturated carbocycles. The van der Waals surface area contributed by atoms with E-state index in [1.165, 1.54) is 18.0 Å². The minimum absolute atomic E-state index is 0.378. The van der Waals surface area contributed by atoms with E-state index in [1.807, 2.05) is 12.1 Å². The molecule has 1 heterocycles. The van der Waals surface area contributed by atoms with Crippen molar-refractivity contribution >= 4 is 33.5 Å². The van der Waals surface area contributed by atoms with Gasteiger partial charge in [-0.3, -0.25) is 0 Å². The summed E-state index contributed by atoms with van der Waals surface area (Å²) in [5.41, 5.74) is 1.07. The van der Waals surface area contributed by atoms with Crippen LogP contribution >= 0.6 is 27.5 Å². The molecular formula is C11H8BrClN2O2. The van der Waals surface area contributed by atoms with Crippen molar-refractivity contribution in [1.82, 2.24) is 9.78 Å². The Morgan fingerprint density at radius 3 is 3.00 bits per heavy atom. The lowest BCUT2D eigenvalue weighted by molar-refractivity contribution is 0.0600. The molecule has 0 radical (unpaired) electrons. The van der Waals surface area contributed by atoms with Gasteiger partial charge in [0.2, 0.25) is 0 Å². The highest BCUT2D eigenvalue weighted by Crippen LogP contribution is 2.24. The van der Waals surface area contributed by atoms with Crippen LogP contribution in [-0.4, -0.2) is 22.9 Å². The molecule has 0 amide bonds. The van der Waals surface area contributed by atoms with Crippen LogP contribution in [0.3, 0.4) is 0 Å². The van der Waals surface area contributed by atoms with Crippen LogP contribution in [0, 0.1) is 0 Å². The van der Waals surface area contributed by atoms with Crippen molar-refractivity contribution in [2.45, 2.75) is 0 Å². The van der Waals surface area contributed by atoms with Crippen molar-refractivity contribution in [2.75, 3.05) is 7.11 Å². The molecule has 1 aromatic carbocycles. The predicted octanol–water partition coefficient (Wildman–Crippen LogP) is 3.07. The summed E-state index contributed by atoms with van der Waals surface area (Å²) in [6.07, 6.45) is 3.00. The number of halogens is 2. The van der Waals surface area contributed by atoms with E-state index >= 15 is 0 Å². The van der Waals surface area contributed by atoms with Crippen LogP contribution in [-0.2, 0) is 4.74 Å². The molecule has 0 saturated heterocycles. The van der Waals surface area contributed by atoms with Gasteiger partial charge in [-0.1, -0.05) is 27.5 Å². The third kappa shape index (κ3) is 2.50. The average molecular weight is 316 g/mol. The molecule has 0 N–H and O–H groups in total. The van der Waals surface area contributed by atoms with E-state index in [9.17, 15) is 4.79 Å². The maximum Gasteiger partial charge on any atom is 0.341 e. The minimum atomic E-state index is -0.428. The topological polar surface area (TPSA) is 44.1 Å². The molecule has 6 heteroatoms. The van der Waals surface area contributed by atoms with Gasteiger partial charge in [0.25, 0.3) is 0 Å². The number of methoxy groups -OCH3 is 1. The molecule has 0 aliphatic carbocycles. The minimum Gasteiger partial charge on any atom is -0.465 e. The van der Waals surface area contributed by atoms with Gasteiger partial charge in [0.15, 0.2) is 0 Å². The van der Waals surface area contributed by atoms with Gasteiger partial charge in [-0.15, -0.1) is 0 Å². The Labute approximate surface area is 111 Å². The second-order valence-electron chi connectivity index (χ2n) is 3.26. The zero-order valence-electron chi connectivity index (χ0n) is 8.85. The summed E-state index contributed by atoms with van der Waals surface area (Å²) in [6.45, 7) is 0. The lowest BCUT2D eigenvalue weighted by Crippen LogP contribution is -1.99. The highest BCUT2D eigenvalue weighted by Gasteiger charge is 2.11. The van der Waals surface area contributed by atoms with Crippen LogP contribution in [0.25, 0.3) is 5.69 Å². The molecule has 0 atom stereocenters. The molecule has 88 valence electrons. The van der Waals surface area contributed by atoms with Gasteiger partial charge in [0.05, 0.1) is 29.6 Å². The molecule has 2 aromatic rings. The smallest absolute Gasteiger partial charge is 0.341 e. The summed E-state index contributed by atoms with van der Waals surface area (Å²) in [5, 5.41) is 4.62. The lowest BCUT2D eigenvalue weighted by Gasteiger charge is -2.04. The molecule has 0 fully saturated rings. The molecule has 17 heavy (non-hydrogen) atoms. The average Bonchev–Trinajstić information content (AvgIpc) is 2.80. The van der Waals surface area contributed by atoms with Crippen LogP contribution < -0.4 is 0 Å². The third-order valence-electron chi connectivity index (χ3n) is 2.16. The van der Waals surface area contributed by atoms with Crippen LogP contribution in [0.15, 0.2) is 35.1 Å². The number of esters is 1. The van der Waals surface area contributed by atoms with Crippen LogP contribution in [0.1, 0.15) is 10.4 Å². The summed E-state index contributed by atoms with van der Waals surface area (Å²) in [4.78, 5) is 11.3. The first-order chi connectivity index (χ1) is 8.11. The van der Waals surface area contributed by atoms with E-state index in [2.05, 4.69) is 25.8 Å². The summed E-state index contributed by atoms with van der Waals surface area (Å²) in [7, 11) is 1.33. The van der Waals surface area contributed by atoms with Gasteiger partial charge in [0.1, 0.15) is 0 Å². The maximum absolute atomic E-state index is 11.3. The van der Waals surface area contributed by atoms with Crippen molar-refractivity contribution in [3.05, 3.63) is 45.7 Å². The number of hydrogen-bond acceptors (Lipinski definition) is 3. The van der Waals surface area contributed by atoms with Crippen molar-refractivity contribution in [3.8, 4) is 5.69 Å².